The number of aliphatic imine (C=N–C) groups is 1. The number of nitrogens with one attached hydrogen (secondary N) is 2. The molecule has 1 aliphatic heterocycles. The summed E-state index contributed by atoms with van der Waals surface area (Å²) in [4.78, 5) is 17.6. The van der Waals surface area contributed by atoms with Gasteiger partial charge in [-0.05, 0) is 43.5 Å². The lowest BCUT2D eigenvalue weighted by Crippen LogP contribution is -2.37. The quantitative estimate of drug-likeness (QED) is 0.520. The average molecular weight is 428 g/mol. The molecule has 166 valence electrons. The fraction of sp³-hybridized carbons (Fsp3) is 0.391. The minimum absolute atomic E-state index is 0.0618. The second-order valence-electron chi connectivity index (χ2n) is 7.13. The molecule has 1 fully saturated rings. The lowest BCUT2D eigenvalue weighted by Gasteiger charge is -2.16. The monoisotopic (exact) mass is 427 g/mol. The largest absolute Gasteiger partial charge is 0.493 e. The number of hydrogen-bond acceptors (Lipinski definition) is 6. The lowest BCUT2D eigenvalue weighted by atomic mass is 10.1. The van der Waals surface area contributed by atoms with Crippen LogP contribution in [-0.2, 0) is 4.74 Å². The number of ether oxygens (including phenoxy) is 4. The predicted octanol–water partition coefficient (Wildman–Crippen LogP) is 3.40. The number of aryl methyl sites for hydroxylation is 1. The fourth-order valence-corrected chi connectivity index (χ4v) is 3.32. The molecule has 8 heteroatoms. The molecule has 0 radical (unpaired) electrons. The molecule has 1 amide bonds. The first-order chi connectivity index (χ1) is 15.0. The molecular formula is C23H29N3O5. The maximum absolute atomic E-state index is 13.0. The van der Waals surface area contributed by atoms with E-state index in [0.29, 0.717) is 35.3 Å². The molecule has 0 bridgehead atoms. The molecule has 2 aromatic rings. The van der Waals surface area contributed by atoms with Crippen LogP contribution in [0.1, 0.15) is 28.8 Å². The van der Waals surface area contributed by atoms with E-state index < -0.39 is 0 Å². The summed E-state index contributed by atoms with van der Waals surface area (Å²) >= 11 is 0. The second-order valence-corrected chi connectivity index (χ2v) is 7.13. The maximum atomic E-state index is 13.0. The molecule has 1 heterocycles. The van der Waals surface area contributed by atoms with Crippen molar-refractivity contribution in [1.82, 2.24) is 5.32 Å². The molecule has 2 N–H and O–H groups in total. The molecule has 1 aliphatic rings. The van der Waals surface area contributed by atoms with Crippen molar-refractivity contribution in [2.24, 2.45) is 4.99 Å². The van der Waals surface area contributed by atoms with Crippen LogP contribution in [0.3, 0.4) is 0 Å². The third kappa shape index (κ3) is 5.67. The van der Waals surface area contributed by atoms with Gasteiger partial charge in [-0.25, -0.2) is 4.99 Å². The Bertz CT molecular complexity index is 914. The zero-order valence-corrected chi connectivity index (χ0v) is 18.4. The summed E-state index contributed by atoms with van der Waals surface area (Å²) in [5.41, 5.74) is 2.25. The van der Waals surface area contributed by atoms with Crippen molar-refractivity contribution in [1.29, 1.82) is 0 Å². The Morgan fingerprint density at radius 2 is 1.84 bits per heavy atom. The summed E-state index contributed by atoms with van der Waals surface area (Å²) in [6.45, 7) is 3.20. The fourth-order valence-electron chi connectivity index (χ4n) is 3.32. The Labute approximate surface area is 182 Å². The average Bonchev–Trinajstić information content (AvgIpc) is 3.31. The van der Waals surface area contributed by atoms with Gasteiger partial charge in [-0.2, -0.15) is 0 Å². The van der Waals surface area contributed by atoms with Gasteiger partial charge >= 0.3 is 0 Å². The number of rotatable bonds is 7. The first kappa shape index (κ1) is 22.4. The number of methoxy groups -OCH3 is 3. The summed E-state index contributed by atoms with van der Waals surface area (Å²) in [7, 11) is 4.53. The van der Waals surface area contributed by atoms with Gasteiger partial charge in [-0.3, -0.25) is 10.1 Å². The molecule has 0 aliphatic carbocycles. The smallest absolute Gasteiger partial charge is 0.258 e. The SMILES string of the molecule is COc1cc(C(=O)NC(=NC[C@@H]2CCCO2)Nc2ccccc2C)cc(OC)c1OC. The van der Waals surface area contributed by atoms with E-state index in [9.17, 15) is 4.79 Å². The molecular weight excluding hydrogens is 398 g/mol. The first-order valence-electron chi connectivity index (χ1n) is 10.2. The molecule has 0 unspecified atom stereocenters. The van der Waals surface area contributed by atoms with Gasteiger partial charge in [0, 0.05) is 17.9 Å². The molecule has 31 heavy (non-hydrogen) atoms. The number of amides is 1. The van der Waals surface area contributed by atoms with Gasteiger partial charge in [0.05, 0.1) is 34.0 Å². The Kier molecular flexibility index (Phi) is 7.72. The minimum Gasteiger partial charge on any atom is -0.493 e. The zero-order valence-electron chi connectivity index (χ0n) is 18.4. The number of carbonyl (C=O) groups excluding carboxylic acids is 1. The van der Waals surface area contributed by atoms with Gasteiger partial charge < -0.3 is 24.3 Å². The van der Waals surface area contributed by atoms with Crippen LogP contribution in [0.2, 0.25) is 0 Å². The van der Waals surface area contributed by atoms with Crippen molar-refractivity contribution in [2.75, 3.05) is 39.8 Å². The normalized spacial score (nSPS) is 16.0. The number of carbonyl (C=O) groups is 1. The van der Waals surface area contributed by atoms with Crippen LogP contribution in [0.25, 0.3) is 0 Å². The molecule has 3 rings (SSSR count). The Balaban J connectivity index is 1.85. The highest BCUT2D eigenvalue weighted by Crippen LogP contribution is 2.38. The zero-order chi connectivity index (χ0) is 22.2. The summed E-state index contributed by atoms with van der Waals surface area (Å²) in [6.07, 6.45) is 2.05. The van der Waals surface area contributed by atoms with Crippen molar-refractivity contribution < 1.29 is 23.7 Å². The molecule has 0 spiro atoms. The van der Waals surface area contributed by atoms with Gasteiger partial charge in [0.2, 0.25) is 11.7 Å². The molecule has 1 saturated heterocycles. The van der Waals surface area contributed by atoms with Gasteiger partial charge in [0.25, 0.3) is 5.91 Å². The van der Waals surface area contributed by atoms with Gasteiger partial charge in [0.15, 0.2) is 11.5 Å². The van der Waals surface area contributed by atoms with E-state index in [0.717, 1.165) is 30.7 Å². The van der Waals surface area contributed by atoms with Crippen LogP contribution in [0.5, 0.6) is 17.2 Å². The minimum atomic E-state index is -0.355. The van der Waals surface area contributed by atoms with E-state index in [4.69, 9.17) is 18.9 Å². The molecule has 0 saturated carbocycles. The highest BCUT2D eigenvalue weighted by atomic mass is 16.5. The number of guanidine groups is 1. The van der Waals surface area contributed by atoms with E-state index in [1.807, 2.05) is 31.2 Å². The molecule has 0 aromatic heterocycles. The first-order valence-corrected chi connectivity index (χ1v) is 10.2. The highest BCUT2D eigenvalue weighted by Gasteiger charge is 2.19. The second kappa shape index (κ2) is 10.7. The number of benzene rings is 2. The number of anilines is 1. The van der Waals surface area contributed by atoms with Crippen molar-refractivity contribution in [3.05, 3.63) is 47.5 Å². The van der Waals surface area contributed by atoms with E-state index in [-0.39, 0.29) is 12.0 Å². The van der Waals surface area contributed by atoms with Gasteiger partial charge in [-0.15, -0.1) is 0 Å². The third-order valence-electron chi connectivity index (χ3n) is 5.03. The van der Waals surface area contributed by atoms with Crippen molar-refractivity contribution in [3.8, 4) is 17.2 Å². The van der Waals surface area contributed by atoms with E-state index in [2.05, 4.69) is 15.6 Å². The van der Waals surface area contributed by atoms with Crippen molar-refractivity contribution in [2.45, 2.75) is 25.9 Å². The predicted molar refractivity (Wildman–Crippen MR) is 120 cm³/mol. The van der Waals surface area contributed by atoms with Crippen molar-refractivity contribution >= 4 is 17.6 Å². The summed E-state index contributed by atoms with van der Waals surface area (Å²) in [6, 6.07) is 11.0. The maximum Gasteiger partial charge on any atom is 0.258 e. The number of hydrogen-bond donors (Lipinski definition) is 2. The van der Waals surface area contributed by atoms with Crippen molar-refractivity contribution in [3.63, 3.8) is 0 Å². The summed E-state index contributed by atoms with van der Waals surface area (Å²) < 4.78 is 21.7. The Morgan fingerprint density at radius 3 is 2.42 bits per heavy atom. The number of para-hydroxylation sites is 1. The van der Waals surface area contributed by atoms with Crippen LogP contribution in [0.15, 0.2) is 41.4 Å². The van der Waals surface area contributed by atoms with E-state index >= 15 is 0 Å². The topological polar surface area (TPSA) is 90.4 Å². The molecule has 1 atom stereocenters. The van der Waals surface area contributed by atoms with Crippen LogP contribution in [-0.4, -0.2) is 52.5 Å². The standard InChI is InChI=1S/C23H29N3O5/c1-15-8-5-6-10-18(15)25-23(24-14-17-9-7-11-31-17)26-22(27)16-12-19(28-2)21(30-4)20(13-16)29-3/h5-6,8,10,12-13,17H,7,9,11,14H2,1-4H3,(H2,24,25,26,27)/t17-/m0/s1. The van der Waals surface area contributed by atoms with Crippen LogP contribution in [0, 0.1) is 6.92 Å². The van der Waals surface area contributed by atoms with Crippen LogP contribution < -0.4 is 24.8 Å². The number of nitrogens with zero attached hydrogens (tertiary/aromatic N) is 1. The molecule has 2 aromatic carbocycles. The van der Waals surface area contributed by atoms with Crippen LogP contribution in [0.4, 0.5) is 5.69 Å². The van der Waals surface area contributed by atoms with Crippen LogP contribution >= 0.6 is 0 Å². The highest BCUT2D eigenvalue weighted by molar-refractivity contribution is 6.10. The van der Waals surface area contributed by atoms with E-state index in [1.54, 1.807) is 12.1 Å². The Morgan fingerprint density at radius 1 is 1.13 bits per heavy atom. The Hall–Kier alpha value is -3.26. The third-order valence-corrected chi connectivity index (χ3v) is 5.03. The lowest BCUT2D eigenvalue weighted by molar-refractivity contribution is 0.0974. The van der Waals surface area contributed by atoms with E-state index in [1.165, 1.54) is 21.3 Å². The van der Waals surface area contributed by atoms with Gasteiger partial charge in [0.1, 0.15) is 0 Å². The summed E-state index contributed by atoms with van der Waals surface area (Å²) in [5.74, 6) is 1.22. The van der Waals surface area contributed by atoms with Gasteiger partial charge in [-0.1, -0.05) is 18.2 Å². The molecule has 8 nitrogen and oxygen atoms in total. The summed E-state index contributed by atoms with van der Waals surface area (Å²) in [5, 5.41) is 6.09.